The quantitative estimate of drug-likeness (QED) is 0.654. The number of rotatable bonds is 6. The largest absolute Gasteiger partial charge is 0.362 e. The molecule has 31 heavy (non-hydrogen) atoms. The molecular weight excluding hydrogens is 386 g/mol. The van der Waals surface area contributed by atoms with Gasteiger partial charge in [-0.2, -0.15) is 0 Å². The van der Waals surface area contributed by atoms with E-state index in [4.69, 9.17) is 0 Å². The van der Waals surface area contributed by atoms with Crippen LogP contribution in [0.25, 0.3) is 0 Å². The second-order valence-corrected chi connectivity index (χ2v) is 7.93. The highest BCUT2D eigenvalue weighted by Gasteiger charge is 2.19. The van der Waals surface area contributed by atoms with Crippen molar-refractivity contribution in [2.24, 2.45) is 0 Å². The van der Waals surface area contributed by atoms with Crippen LogP contribution in [0.3, 0.4) is 0 Å². The summed E-state index contributed by atoms with van der Waals surface area (Å²) in [6.45, 7) is 1.70. The van der Waals surface area contributed by atoms with Crippen molar-refractivity contribution in [3.8, 4) is 0 Å². The standard InChI is InChI=1S/C26H27N3O2/c1-28(18-20-9-3-2-4-10-20)26(31)22-12-7-14-23(17-22)27-25(30)19-29-16-8-13-21-11-5-6-15-24(21)29/h2-7,9-12,14-15,17H,8,13,16,18-19H2,1H3,(H,27,30). The molecule has 0 fully saturated rings. The molecule has 5 nitrogen and oxygen atoms in total. The van der Waals surface area contributed by atoms with E-state index in [9.17, 15) is 9.59 Å². The maximum Gasteiger partial charge on any atom is 0.253 e. The van der Waals surface area contributed by atoms with Crippen LogP contribution in [0.15, 0.2) is 78.9 Å². The number of anilines is 2. The van der Waals surface area contributed by atoms with Gasteiger partial charge in [0.25, 0.3) is 5.91 Å². The number of nitrogens with one attached hydrogen (secondary N) is 1. The van der Waals surface area contributed by atoms with Gasteiger partial charge in [-0.15, -0.1) is 0 Å². The van der Waals surface area contributed by atoms with Gasteiger partial charge in [0.2, 0.25) is 5.91 Å². The first-order valence-corrected chi connectivity index (χ1v) is 10.6. The van der Waals surface area contributed by atoms with E-state index in [2.05, 4.69) is 22.3 Å². The number of hydrogen-bond acceptors (Lipinski definition) is 3. The maximum atomic E-state index is 12.8. The molecule has 3 aromatic carbocycles. The Morgan fingerprint density at radius 2 is 1.74 bits per heavy atom. The van der Waals surface area contributed by atoms with E-state index >= 15 is 0 Å². The minimum absolute atomic E-state index is 0.0788. The Labute approximate surface area is 183 Å². The lowest BCUT2D eigenvalue weighted by atomic mass is 10.0. The van der Waals surface area contributed by atoms with Crippen molar-refractivity contribution in [1.82, 2.24) is 4.90 Å². The summed E-state index contributed by atoms with van der Waals surface area (Å²) in [5, 5.41) is 2.95. The normalized spacial score (nSPS) is 12.7. The average Bonchev–Trinajstić information content (AvgIpc) is 2.79. The van der Waals surface area contributed by atoms with E-state index in [0.29, 0.717) is 24.3 Å². The van der Waals surface area contributed by atoms with E-state index in [-0.39, 0.29) is 11.8 Å². The zero-order valence-electron chi connectivity index (χ0n) is 17.8. The molecule has 3 aromatic rings. The highest BCUT2D eigenvalue weighted by atomic mass is 16.2. The van der Waals surface area contributed by atoms with Crippen LogP contribution in [0.4, 0.5) is 11.4 Å². The number of nitrogens with zero attached hydrogens (tertiary/aromatic N) is 2. The van der Waals surface area contributed by atoms with Crippen LogP contribution in [-0.2, 0) is 17.8 Å². The number of carbonyl (C=O) groups excluding carboxylic acids is 2. The first-order valence-electron chi connectivity index (χ1n) is 10.6. The van der Waals surface area contributed by atoms with Crippen molar-refractivity contribution in [2.45, 2.75) is 19.4 Å². The lowest BCUT2D eigenvalue weighted by Gasteiger charge is -2.30. The fourth-order valence-electron chi connectivity index (χ4n) is 4.03. The summed E-state index contributed by atoms with van der Waals surface area (Å²) in [6, 6.07) is 25.3. The van der Waals surface area contributed by atoms with E-state index in [1.165, 1.54) is 5.56 Å². The Hall–Kier alpha value is -3.60. The summed E-state index contributed by atoms with van der Waals surface area (Å²) >= 11 is 0. The molecule has 2 amide bonds. The predicted molar refractivity (Wildman–Crippen MR) is 124 cm³/mol. The van der Waals surface area contributed by atoms with E-state index in [0.717, 1.165) is 30.6 Å². The van der Waals surface area contributed by atoms with Gasteiger partial charge in [0.05, 0.1) is 6.54 Å². The molecule has 0 saturated heterocycles. The molecule has 0 aliphatic carbocycles. The molecule has 0 saturated carbocycles. The highest BCUT2D eigenvalue weighted by Crippen LogP contribution is 2.26. The van der Waals surface area contributed by atoms with Crippen LogP contribution in [0.1, 0.15) is 27.9 Å². The highest BCUT2D eigenvalue weighted by molar-refractivity contribution is 5.98. The summed E-state index contributed by atoms with van der Waals surface area (Å²) in [4.78, 5) is 29.3. The smallest absolute Gasteiger partial charge is 0.253 e. The fraction of sp³-hybridized carbons (Fsp3) is 0.231. The Morgan fingerprint density at radius 1 is 0.968 bits per heavy atom. The third-order valence-electron chi connectivity index (χ3n) is 5.54. The van der Waals surface area contributed by atoms with Crippen molar-refractivity contribution in [3.63, 3.8) is 0 Å². The molecule has 1 N–H and O–H groups in total. The van der Waals surface area contributed by atoms with Crippen molar-refractivity contribution in [2.75, 3.05) is 30.4 Å². The van der Waals surface area contributed by atoms with Crippen molar-refractivity contribution in [1.29, 1.82) is 0 Å². The number of aryl methyl sites for hydroxylation is 1. The lowest BCUT2D eigenvalue weighted by Crippen LogP contribution is -2.36. The van der Waals surface area contributed by atoms with Crippen molar-refractivity contribution in [3.05, 3.63) is 95.6 Å². The van der Waals surface area contributed by atoms with Crippen LogP contribution in [0, 0.1) is 0 Å². The molecule has 0 unspecified atom stereocenters. The number of para-hydroxylation sites is 1. The van der Waals surface area contributed by atoms with Crippen LogP contribution in [0.2, 0.25) is 0 Å². The Kier molecular flexibility index (Phi) is 6.32. The second-order valence-electron chi connectivity index (χ2n) is 7.93. The van der Waals surface area contributed by atoms with Gasteiger partial charge in [-0.25, -0.2) is 0 Å². The molecule has 5 heteroatoms. The Bertz CT molecular complexity index is 1070. The Balaban J connectivity index is 1.39. The predicted octanol–water partition coefficient (Wildman–Crippen LogP) is 4.35. The third kappa shape index (κ3) is 5.12. The van der Waals surface area contributed by atoms with Crippen molar-refractivity contribution < 1.29 is 9.59 Å². The Morgan fingerprint density at radius 3 is 2.58 bits per heavy atom. The van der Waals surface area contributed by atoms with Gasteiger partial charge in [0.15, 0.2) is 0 Å². The zero-order chi connectivity index (χ0) is 21.6. The number of fused-ring (bicyclic) bond motifs is 1. The van der Waals surface area contributed by atoms with Gasteiger partial charge in [0, 0.05) is 37.1 Å². The van der Waals surface area contributed by atoms with Crippen LogP contribution in [-0.4, -0.2) is 36.9 Å². The van der Waals surface area contributed by atoms with Gasteiger partial charge < -0.3 is 15.1 Å². The molecule has 158 valence electrons. The number of hydrogen-bond donors (Lipinski definition) is 1. The molecule has 1 aliphatic heterocycles. The minimum atomic E-state index is -0.0843. The van der Waals surface area contributed by atoms with E-state index in [1.807, 2.05) is 48.5 Å². The number of carbonyl (C=O) groups is 2. The summed E-state index contributed by atoms with van der Waals surface area (Å²) in [7, 11) is 1.79. The fourth-order valence-corrected chi connectivity index (χ4v) is 4.03. The van der Waals surface area contributed by atoms with Crippen LogP contribution < -0.4 is 10.2 Å². The molecule has 0 atom stereocenters. The van der Waals surface area contributed by atoms with Gasteiger partial charge in [-0.1, -0.05) is 54.6 Å². The lowest BCUT2D eigenvalue weighted by molar-refractivity contribution is -0.115. The van der Waals surface area contributed by atoms with Crippen molar-refractivity contribution >= 4 is 23.2 Å². The van der Waals surface area contributed by atoms with E-state index < -0.39 is 0 Å². The summed E-state index contributed by atoms with van der Waals surface area (Å²) < 4.78 is 0. The summed E-state index contributed by atoms with van der Waals surface area (Å²) in [6.07, 6.45) is 2.09. The minimum Gasteiger partial charge on any atom is -0.362 e. The molecule has 4 rings (SSSR count). The second kappa shape index (κ2) is 9.47. The first kappa shape index (κ1) is 20.7. The molecule has 0 radical (unpaired) electrons. The van der Waals surface area contributed by atoms with Gasteiger partial charge in [-0.3, -0.25) is 9.59 Å². The van der Waals surface area contributed by atoms with E-state index in [1.54, 1.807) is 30.1 Å². The van der Waals surface area contributed by atoms with Crippen LogP contribution >= 0.6 is 0 Å². The maximum absolute atomic E-state index is 12.8. The van der Waals surface area contributed by atoms with Gasteiger partial charge >= 0.3 is 0 Å². The number of amides is 2. The third-order valence-corrected chi connectivity index (χ3v) is 5.54. The van der Waals surface area contributed by atoms with Gasteiger partial charge in [0.1, 0.15) is 0 Å². The number of benzene rings is 3. The summed E-state index contributed by atoms with van der Waals surface area (Å²) in [5.41, 5.74) is 4.68. The van der Waals surface area contributed by atoms with Gasteiger partial charge in [-0.05, 0) is 48.2 Å². The monoisotopic (exact) mass is 413 g/mol. The zero-order valence-corrected chi connectivity index (χ0v) is 17.8. The first-order chi connectivity index (χ1) is 15.1. The summed E-state index contributed by atoms with van der Waals surface area (Å²) in [5.74, 6) is -0.163. The molecule has 1 heterocycles. The molecule has 1 aliphatic rings. The topological polar surface area (TPSA) is 52.7 Å². The average molecular weight is 414 g/mol. The molecule has 0 spiro atoms. The molecular formula is C26H27N3O2. The SMILES string of the molecule is CN(Cc1ccccc1)C(=O)c1cccc(NC(=O)CN2CCCc3ccccc32)c1. The molecule has 0 bridgehead atoms. The van der Waals surface area contributed by atoms with Crippen LogP contribution in [0.5, 0.6) is 0 Å². The molecule has 0 aromatic heterocycles.